The van der Waals surface area contributed by atoms with Crippen molar-refractivity contribution in [3.8, 4) is 6.07 Å². The van der Waals surface area contributed by atoms with Crippen LogP contribution >= 0.6 is 0 Å². The molecule has 0 unspecified atom stereocenters. The number of nitrogens with zero attached hydrogens (tertiary/aromatic N) is 4. The highest BCUT2D eigenvalue weighted by molar-refractivity contribution is 5.70. The zero-order valence-corrected chi connectivity index (χ0v) is 17.4. The van der Waals surface area contributed by atoms with Crippen LogP contribution in [0.25, 0.3) is 5.52 Å². The van der Waals surface area contributed by atoms with Crippen molar-refractivity contribution in [2.45, 2.75) is 69.4 Å². The number of carbonyl (C=O) groups excluding carboxylic acids is 1. The molecule has 0 amide bonds. The van der Waals surface area contributed by atoms with E-state index in [0.717, 1.165) is 25.7 Å². The van der Waals surface area contributed by atoms with E-state index in [4.69, 9.17) is 15.2 Å². The molecule has 10 heteroatoms. The fourth-order valence-corrected chi connectivity index (χ4v) is 4.71. The smallest absolute Gasteiger partial charge is 0.306 e. The Morgan fingerprint density at radius 3 is 2.84 bits per heavy atom. The summed E-state index contributed by atoms with van der Waals surface area (Å²) in [6, 6.07) is 5.11. The predicted molar refractivity (Wildman–Crippen MR) is 108 cm³/mol. The number of anilines is 1. The Labute approximate surface area is 179 Å². The summed E-state index contributed by atoms with van der Waals surface area (Å²) in [5, 5.41) is 35.3. The Morgan fingerprint density at radius 1 is 1.39 bits per heavy atom. The van der Waals surface area contributed by atoms with E-state index in [9.17, 15) is 20.3 Å². The van der Waals surface area contributed by atoms with Crippen molar-refractivity contribution in [3.63, 3.8) is 0 Å². The molecule has 2 aromatic heterocycles. The quantitative estimate of drug-likeness (QED) is 0.591. The summed E-state index contributed by atoms with van der Waals surface area (Å²) in [7, 11) is 0. The lowest BCUT2D eigenvalue weighted by atomic mass is 9.73. The Morgan fingerprint density at radius 2 is 2.13 bits per heavy atom. The van der Waals surface area contributed by atoms with Crippen LogP contribution in [0.5, 0.6) is 0 Å². The van der Waals surface area contributed by atoms with Gasteiger partial charge in [-0.15, -0.1) is 0 Å². The fraction of sp³-hybridized carbons (Fsp3) is 0.619. The van der Waals surface area contributed by atoms with E-state index in [1.165, 1.54) is 23.3 Å². The third-order valence-corrected chi connectivity index (χ3v) is 6.53. The minimum atomic E-state index is -1.90. The van der Waals surface area contributed by atoms with Gasteiger partial charge in [-0.1, -0.05) is 26.2 Å². The summed E-state index contributed by atoms with van der Waals surface area (Å²) in [5.41, 5.74) is 4.50. The number of aliphatic hydroxyl groups excluding tert-OH is 2. The molecule has 31 heavy (non-hydrogen) atoms. The first-order chi connectivity index (χ1) is 14.8. The van der Waals surface area contributed by atoms with Gasteiger partial charge in [-0.2, -0.15) is 10.4 Å². The van der Waals surface area contributed by atoms with Crippen LogP contribution in [0.4, 0.5) is 5.82 Å². The second kappa shape index (κ2) is 8.07. The number of hydrogen-bond donors (Lipinski definition) is 3. The molecule has 4 rings (SSSR count). The van der Waals surface area contributed by atoms with Crippen LogP contribution in [0.2, 0.25) is 0 Å². The number of carbonyl (C=O) groups is 1. The number of nitriles is 1. The van der Waals surface area contributed by atoms with Gasteiger partial charge >= 0.3 is 5.97 Å². The largest absolute Gasteiger partial charge is 0.463 e. The molecular weight excluding hydrogens is 402 g/mol. The van der Waals surface area contributed by atoms with Crippen LogP contribution in [-0.4, -0.2) is 55.7 Å². The Kier molecular flexibility index (Phi) is 5.60. The molecule has 2 fully saturated rings. The molecule has 1 aliphatic carbocycles. The van der Waals surface area contributed by atoms with Crippen LogP contribution in [0, 0.1) is 16.7 Å². The molecule has 0 spiro atoms. The Hall–Kier alpha value is -2.74. The highest BCUT2D eigenvalue weighted by Crippen LogP contribution is 2.41. The molecular formula is C21H27N5O5. The summed E-state index contributed by atoms with van der Waals surface area (Å²) < 4.78 is 12.5. The number of esters is 1. The maximum Gasteiger partial charge on any atom is 0.306 e. The molecule has 166 valence electrons. The van der Waals surface area contributed by atoms with Crippen molar-refractivity contribution in [2.75, 3.05) is 12.3 Å². The molecule has 2 aromatic rings. The third-order valence-electron chi connectivity index (χ3n) is 6.53. The highest BCUT2D eigenvalue weighted by Gasteiger charge is 2.57. The minimum absolute atomic E-state index is 0.0785. The zero-order chi connectivity index (χ0) is 22.2. The van der Waals surface area contributed by atoms with Gasteiger partial charge in [0.15, 0.2) is 5.82 Å². The molecule has 10 nitrogen and oxygen atoms in total. The summed E-state index contributed by atoms with van der Waals surface area (Å²) in [6.45, 7) is 1.82. The predicted octanol–water partition coefficient (Wildman–Crippen LogP) is 1.05. The third kappa shape index (κ3) is 3.73. The highest BCUT2D eigenvalue weighted by atomic mass is 16.6. The number of hydrogen-bond acceptors (Lipinski definition) is 9. The SMILES string of the molecule is CC1(CC(=O)OC[C@H]2O[C@@](C#N)(c3ccc4c(N)ncnn34)[C@H](O)[C@@H]2O)CCCCC1. The lowest BCUT2D eigenvalue weighted by Crippen LogP contribution is -2.41. The van der Waals surface area contributed by atoms with E-state index in [1.807, 2.05) is 6.07 Å². The Balaban J connectivity index is 1.49. The van der Waals surface area contributed by atoms with Gasteiger partial charge in [0.25, 0.3) is 0 Å². The van der Waals surface area contributed by atoms with E-state index in [-0.39, 0.29) is 29.5 Å². The molecule has 0 radical (unpaired) electrons. The second-order valence-electron chi connectivity index (χ2n) is 8.83. The van der Waals surface area contributed by atoms with E-state index in [2.05, 4.69) is 17.0 Å². The molecule has 4 N–H and O–H groups in total. The van der Waals surface area contributed by atoms with Gasteiger partial charge < -0.3 is 25.4 Å². The topological polar surface area (TPSA) is 156 Å². The van der Waals surface area contributed by atoms with Crippen LogP contribution in [0.1, 0.15) is 51.1 Å². The fourth-order valence-electron chi connectivity index (χ4n) is 4.71. The van der Waals surface area contributed by atoms with E-state index >= 15 is 0 Å². The summed E-state index contributed by atoms with van der Waals surface area (Å²) in [5.74, 6) is -0.179. The zero-order valence-electron chi connectivity index (χ0n) is 17.4. The normalized spacial score (nSPS) is 30.2. The first-order valence-corrected chi connectivity index (χ1v) is 10.5. The molecule has 4 atom stereocenters. The van der Waals surface area contributed by atoms with Crippen molar-refractivity contribution in [1.82, 2.24) is 14.6 Å². The molecule has 2 aliphatic rings. The first-order valence-electron chi connectivity index (χ1n) is 10.5. The standard InChI is InChI=1S/C21H27N5O5/c1-20(7-3-2-4-8-20)9-16(27)30-10-14-17(28)18(29)21(11-22,31-14)15-6-5-13-19(23)24-12-25-26(13)15/h5-6,12,14,17-18,28-29H,2-4,7-10H2,1H3,(H2,23,24,25)/t14-,17-,18-,21+/m1/s1. The lowest BCUT2D eigenvalue weighted by molar-refractivity contribution is -0.153. The van der Waals surface area contributed by atoms with E-state index in [1.54, 1.807) is 6.07 Å². The van der Waals surface area contributed by atoms with Gasteiger partial charge in [0.05, 0.1) is 12.1 Å². The number of nitrogens with two attached hydrogens (primary N) is 1. The maximum absolute atomic E-state index is 12.4. The van der Waals surface area contributed by atoms with Gasteiger partial charge in [0.1, 0.15) is 42.8 Å². The maximum atomic E-state index is 12.4. The van der Waals surface area contributed by atoms with Gasteiger partial charge in [-0.3, -0.25) is 4.79 Å². The number of ether oxygens (including phenoxy) is 2. The number of rotatable bonds is 5. The van der Waals surface area contributed by atoms with Crippen molar-refractivity contribution in [3.05, 3.63) is 24.2 Å². The molecule has 0 bridgehead atoms. The monoisotopic (exact) mass is 429 g/mol. The molecule has 1 aliphatic heterocycles. The first kappa shape index (κ1) is 21.5. The van der Waals surface area contributed by atoms with Crippen LogP contribution < -0.4 is 5.73 Å². The van der Waals surface area contributed by atoms with Crippen molar-refractivity contribution >= 4 is 17.3 Å². The average Bonchev–Trinajstić information content (AvgIpc) is 3.29. The van der Waals surface area contributed by atoms with Crippen molar-refractivity contribution in [2.24, 2.45) is 5.41 Å². The van der Waals surface area contributed by atoms with Crippen LogP contribution in [0.3, 0.4) is 0 Å². The number of aliphatic hydroxyl groups is 2. The van der Waals surface area contributed by atoms with Crippen molar-refractivity contribution < 1.29 is 24.5 Å². The molecule has 3 heterocycles. The number of fused-ring (bicyclic) bond motifs is 1. The van der Waals surface area contributed by atoms with Gasteiger partial charge in [-0.25, -0.2) is 9.50 Å². The molecule has 1 saturated carbocycles. The molecule has 1 saturated heterocycles. The van der Waals surface area contributed by atoms with Crippen LogP contribution in [0.15, 0.2) is 18.5 Å². The number of nitrogen functional groups attached to an aromatic ring is 1. The van der Waals surface area contributed by atoms with E-state index < -0.39 is 23.9 Å². The number of aromatic nitrogens is 3. The second-order valence-corrected chi connectivity index (χ2v) is 8.83. The lowest BCUT2D eigenvalue weighted by Gasteiger charge is -2.32. The Bertz CT molecular complexity index is 1010. The summed E-state index contributed by atoms with van der Waals surface area (Å²) in [6.07, 6.45) is 2.79. The van der Waals surface area contributed by atoms with Gasteiger partial charge in [0, 0.05) is 0 Å². The minimum Gasteiger partial charge on any atom is -0.463 e. The summed E-state index contributed by atoms with van der Waals surface area (Å²) >= 11 is 0. The van der Waals surface area contributed by atoms with Crippen LogP contribution in [-0.2, 0) is 19.9 Å². The van der Waals surface area contributed by atoms with Crippen molar-refractivity contribution in [1.29, 1.82) is 5.26 Å². The summed E-state index contributed by atoms with van der Waals surface area (Å²) in [4.78, 5) is 16.3. The van der Waals surface area contributed by atoms with Gasteiger partial charge in [-0.05, 0) is 30.4 Å². The molecule has 0 aromatic carbocycles. The van der Waals surface area contributed by atoms with Gasteiger partial charge in [0.2, 0.25) is 5.60 Å². The average molecular weight is 429 g/mol. The van der Waals surface area contributed by atoms with E-state index in [0.29, 0.717) is 11.9 Å².